The number of ether oxygens (including phenoxy) is 1. The van der Waals surface area contributed by atoms with Crippen molar-refractivity contribution >= 4 is 0 Å². The zero-order valence-corrected chi connectivity index (χ0v) is 12.1. The summed E-state index contributed by atoms with van der Waals surface area (Å²) in [4.78, 5) is 0. The summed E-state index contributed by atoms with van der Waals surface area (Å²) in [7, 11) is 4.02. The summed E-state index contributed by atoms with van der Waals surface area (Å²) in [5, 5.41) is 7.64. The van der Waals surface area contributed by atoms with Gasteiger partial charge in [-0.15, -0.1) is 0 Å². The predicted octanol–water partition coefficient (Wildman–Crippen LogP) is 2.25. The lowest BCUT2D eigenvalue weighted by Crippen LogP contribution is -2.17. The first-order valence-corrected chi connectivity index (χ1v) is 7.17. The number of hydrogen-bond acceptors (Lipinski definition) is 3. The van der Waals surface area contributed by atoms with Gasteiger partial charge in [-0.1, -0.05) is 12.1 Å². The lowest BCUT2D eigenvalue weighted by atomic mass is 9.98. The monoisotopic (exact) mass is 271 g/mol. The number of nitrogens with one attached hydrogen (secondary N) is 1. The third-order valence-corrected chi connectivity index (χ3v) is 4.08. The zero-order chi connectivity index (χ0) is 13.9. The molecule has 1 aromatic carbocycles. The van der Waals surface area contributed by atoms with E-state index in [9.17, 15) is 0 Å². The number of fused-ring (bicyclic) bond motifs is 1. The molecule has 1 N–H and O–H groups in total. The van der Waals surface area contributed by atoms with E-state index in [0.29, 0.717) is 6.04 Å². The van der Waals surface area contributed by atoms with E-state index >= 15 is 0 Å². The van der Waals surface area contributed by atoms with Gasteiger partial charge in [0.15, 0.2) is 0 Å². The van der Waals surface area contributed by atoms with Crippen LogP contribution in [0, 0.1) is 0 Å². The lowest BCUT2D eigenvalue weighted by molar-refractivity contribution is 0.356. The van der Waals surface area contributed by atoms with Crippen LogP contribution in [-0.2, 0) is 19.9 Å². The van der Waals surface area contributed by atoms with Crippen molar-refractivity contribution in [2.75, 3.05) is 13.7 Å². The molecule has 1 aliphatic heterocycles. The van der Waals surface area contributed by atoms with E-state index in [1.165, 1.54) is 16.8 Å². The van der Waals surface area contributed by atoms with Crippen molar-refractivity contribution in [3.63, 3.8) is 0 Å². The van der Waals surface area contributed by atoms with Crippen molar-refractivity contribution < 1.29 is 4.74 Å². The van der Waals surface area contributed by atoms with Gasteiger partial charge in [-0.3, -0.25) is 4.68 Å². The molecule has 1 aromatic heterocycles. The average Bonchev–Trinajstić information content (AvgIpc) is 3.08. The molecule has 4 nitrogen and oxygen atoms in total. The second-order valence-corrected chi connectivity index (χ2v) is 5.29. The van der Waals surface area contributed by atoms with Gasteiger partial charge in [0.25, 0.3) is 0 Å². The maximum atomic E-state index is 5.57. The van der Waals surface area contributed by atoms with Gasteiger partial charge in [-0.05, 0) is 43.1 Å². The largest absolute Gasteiger partial charge is 0.493 e. The first-order chi connectivity index (χ1) is 9.78. The minimum absolute atomic E-state index is 0.371. The van der Waals surface area contributed by atoms with Crippen LogP contribution in [0.25, 0.3) is 0 Å². The second-order valence-electron chi connectivity index (χ2n) is 5.29. The van der Waals surface area contributed by atoms with Gasteiger partial charge in [-0.25, -0.2) is 0 Å². The average molecular weight is 271 g/mol. The molecule has 1 unspecified atom stereocenters. The standard InChI is InChI=1S/C16H21N3O/c1-17-15(5-4-14-7-9-18-19(14)2)12-3-6-16-13(11-12)8-10-20-16/h3,6-7,9,11,15,17H,4-5,8,10H2,1-2H3. The molecule has 0 amide bonds. The Bertz CT molecular complexity index is 591. The molecule has 1 aliphatic rings. The number of rotatable bonds is 5. The van der Waals surface area contributed by atoms with Crippen LogP contribution in [0.2, 0.25) is 0 Å². The first kappa shape index (κ1) is 13.2. The number of aromatic nitrogens is 2. The minimum Gasteiger partial charge on any atom is -0.493 e. The number of benzene rings is 1. The topological polar surface area (TPSA) is 39.1 Å². The molecule has 2 heterocycles. The first-order valence-electron chi connectivity index (χ1n) is 7.17. The molecule has 4 heteroatoms. The summed E-state index contributed by atoms with van der Waals surface area (Å²) in [5.74, 6) is 1.05. The van der Waals surface area contributed by atoms with E-state index in [4.69, 9.17) is 4.74 Å². The molecular formula is C16H21N3O. The van der Waals surface area contributed by atoms with Gasteiger partial charge in [0.05, 0.1) is 6.61 Å². The molecule has 20 heavy (non-hydrogen) atoms. The van der Waals surface area contributed by atoms with Crippen LogP contribution in [0.5, 0.6) is 5.75 Å². The zero-order valence-electron chi connectivity index (χ0n) is 12.1. The van der Waals surface area contributed by atoms with E-state index in [1.54, 1.807) is 0 Å². The third-order valence-electron chi connectivity index (χ3n) is 4.08. The Labute approximate surface area is 119 Å². The van der Waals surface area contributed by atoms with E-state index < -0.39 is 0 Å². The molecule has 0 saturated heterocycles. The molecule has 0 radical (unpaired) electrons. The maximum absolute atomic E-state index is 5.57. The molecule has 0 spiro atoms. The number of hydrogen-bond donors (Lipinski definition) is 1. The number of nitrogens with zero attached hydrogens (tertiary/aromatic N) is 2. The highest BCUT2D eigenvalue weighted by Gasteiger charge is 2.16. The summed E-state index contributed by atoms with van der Waals surface area (Å²) >= 11 is 0. The van der Waals surface area contributed by atoms with Crippen molar-refractivity contribution in [3.8, 4) is 5.75 Å². The highest BCUT2D eigenvalue weighted by molar-refractivity contribution is 5.40. The highest BCUT2D eigenvalue weighted by atomic mass is 16.5. The lowest BCUT2D eigenvalue weighted by Gasteiger charge is -2.17. The molecule has 0 saturated carbocycles. The summed E-state index contributed by atoms with van der Waals surface area (Å²) in [6, 6.07) is 9.02. The van der Waals surface area contributed by atoms with Crippen molar-refractivity contribution in [2.24, 2.45) is 7.05 Å². The Kier molecular flexibility index (Phi) is 3.74. The van der Waals surface area contributed by atoms with Crippen LogP contribution in [-0.4, -0.2) is 23.4 Å². The number of aryl methyl sites for hydroxylation is 2. The van der Waals surface area contributed by atoms with E-state index in [-0.39, 0.29) is 0 Å². The predicted molar refractivity (Wildman–Crippen MR) is 79.0 cm³/mol. The SMILES string of the molecule is CNC(CCc1ccnn1C)c1ccc2c(c1)CCO2. The van der Waals surface area contributed by atoms with E-state index in [0.717, 1.165) is 31.6 Å². The van der Waals surface area contributed by atoms with Crippen LogP contribution in [0.15, 0.2) is 30.5 Å². The Morgan fingerprint density at radius 2 is 2.30 bits per heavy atom. The Morgan fingerprint density at radius 1 is 1.40 bits per heavy atom. The fraction of sp³-hybridized carbons (Fsp3) is 0.438. The third kappa shape index (κ3) is 2.56. The van der Waals surface area contributed by atoms with Crippen molar-refractivity contribution in [1.82, 2.24) is 15.1 Å². The second kappa shape index (κ2) is 5.67. The molecule has 3 rings (SSSR count). The molecule has 2 aromatic rings. The molecule has 0 aliphatic carbocycles. The highest BCUT2D eigenvalue weighted by Crippen LogP contribution is 2.29. The molecule has 1 atom stereocenters. The normalized spacial score (nSPS) is 14.9. The van der Waals surface area contributed by atoms with Crippen LogP contribution >= 0.6 is 0 Å². The van der Waals surface area contributed by atoms with Gasteiger partial charge < -0.3 is 10.1 Å². The quantitative estimate of drug-likeness (QED) is 0.906. The van der Waals surface area contributed by atoms with Crippen molar-refractivity contribution in [2.45, 2.75) is 25.3 Å². The molecule has 0 fully saturated rings. The van der Waals surface area contributed by atoms with Crippen LogP contribution < -0.4 is 10.1 Å². The Balaban J connectivity index is 1.71. The Hall–Kier alpha value is -1.81. The van der Waals surface area contributed by atoms with Crippen LogP contribution in [0.1, 0.15) is 29.3 Å². The molecule has 106 valence electrons. The van der Waals surface area contributed by atoms with E-state index in [2.05, 4.69) is 34.7 Å². The molecular weight excluding hydrogens is 250 g/mol. The van der Waals surface area contributed by atoms with Gasteiger partial charge in [0, 0.05) is 31.4 Å². The van der Waals surface area contributed by atoms with Gasteiger partial charge >= 0.3 is 0 Å². The summed E-state index contributed by atoms with van der Waals surface area (Å²) in [5.41, 5.74) is 3.96. The van der Waals surface area contributed by atoms with Gasteiger partial charge in [0.1, 0.15) is 5.75 Å². The summed E-state index contributed by atoms with van der Waals surface area (Å²) in [6.07, 6.45) is 4.98. The Morgan fingerprint density at radius 3 is 3.05 bits per heavy atom. The van der Waals surface area contributed by atoms with Crippen molar-refractivity contribution in [3.05, 3.63) is 47.3 Å². The smallest absolute Gasteiger partial charge is 0.122 e. The fourth-order valence-electron chi connectivity index (χ4n) is 2.84. The fourth-order valence-corrected chi connectivity index (χ4v) is 2.84. The van der Waals surface area contributed by atoms with E-state index in [1.807, 2.05) is 25.0 Å². The van der Waals surface area contributed by atoms with Crippen LogP contribution in [0.4, 0.5) is 0 Å². The minimum atomic E-state index is 0.371. The summed E-state index contributed by atoms with van der Waals surface area (Å²) in [6.45, 7) is 0.817. The molecule has 0 bridgehead atoms. The van der Waals surface area contributed by atoms with Crippen LogP contribution in [0.3, 0.4) is 0 Å². The summed E-state index contributed by atoms with van der Waals surface area (Å²) < 4.78 is 7.52. The van der Waals surface area contributed by atoms with Gasteiger partial charge in [0.2, 0.25) is 0 Å². The van der Waals surface area contributed by atoms with Gasteiger partial charge in [-0.2, -0.15) is 5.10 Å². The van der Waals surface area contributed by atoms with Crippen molar-refractivity contribution in [1.29, 1.82) is 0 Å². The maximum Gasteiger partial charge on any atom is 0.122 e.